The third kappa shape index (κ3) is 9.57. The van der Waals surface area contributed by atoms with Gasteiger partial charge < -0.3 is 15.2 Å². The number of aliphatic hydroxyl groups is 1. The van der Waals surface area contributed by atoms with E-state index in [1.54, 1.807) is 0 Å². The molecule has 0 aromatic rings. The fraction of sp³-hybridized carbons (Fsp3) is 1.00. The monoisotopic (exact) mass is 245 g/mol. The molecule has 0 spiro atoms. The minimum absolute atomic E-state index is 0.151. The van der Waals surface area contributed by atoms with Gasteiger partial charge in [-0.25, -0.2) is 0 Å². The van der Waals surface area contributed by atoms with Gasteiger partial charge in [0.2, 0.25) is 0 Å². The van der Waals surface area contributed by atoms with E-state index in [-0.39, 0.29) is 12.1 Å². The number of ether oxygens (including phenoxy) is 1. The Bertz CT molecular complexity index is 189. The molecule has 3 heteroatoms. The van der Waals surface area contributed by atoms with Crippen molar-refractivity contribution in [3.8, 4) is 0 Å². The maximum atomic E-state index is 9.32. The maximum absolute atomic E-state index is 9.32. The Labute approximate surface area is 107 Å². The summed E-state index contributed by atoms with van der Waals surface area (Å²) in [6.07, 6.45) is 3.04. The van der Waals surface area contributed by atoms with Crippen molar-refractivity contribution < 1.29 is 9.84 Å². The largest absolute Gasteiger partial charge is 0.394 e. The Morgan fingerprint density at radius 2 is 1.71 bits per heavy atom. The number of likely N-dealkylation sites (N-methyl/N-ethyl adjacent to an activating group) is 1. The predicted molar refractivity (Wildman–Crippen MR) is 73.3 cm³/mol. The van der Waals surface area contributed by atoms with Crippen molar-refractivity contribution in [2.45, 2.75) is 59.4 Å². The van der Waals surface area contributed by atoms with Crippen molar-refractivity contribution in [1.29, 1.82) is 0 Å². The first kappa shape index (κ1) is 16.9. The van der Waals surface area contributed by atoms with Crippen LogP contribution in [0.1, 0.15) is 53.9 Å². The van der Waals surface area contributed by atoms with Crippen LogP contribution < -0.4 is 5.32 Å². The van der Waals surface area contributed by atoms with Gasteiger partial charge in [-0.3, -0.25) is 0 Å². The highest BCUT2D eigenvalue weighted by atomic mass is 16.5. The van der Waals surface area contributed by atoms with E-state index in [0.29, 0.717) is 5.41 Å². The average molecular weight is 245 g/mol. The second-order valence-corrected chi connectivity index (χ2v) is 6.28. The minimum atomic E-state index is -0.151. The highest BCUT2D eigenvalue weighted by Gasteiger charge is 2.20. The molecule has 0 aliphatic heterocycles. The third-order valence-corrected chi connectivity index (χ3v) is 2.97. The van der Waals surface area contributed by atoms with Crippen LogP contribution in [-0.4, -0.2) is 37.0 Å². The van der Waals surface area contributed by atoms with E-state index in [9.17, 15) is 5.11 Å². The van der Waals surface area contributed by atoms with Gasteiger partial charge in [0.25, 0.3) is 0 Å². The van der Waals surface area contributed by atoms with Crippen molar-refractivity contribution in [1.82, 2.24) is 5.32 Å². The molecule has 0 aromatic carbocycles. The van der Waals surface area contributed by atoms with Gasteiger partial charge in [0.05, 0.1) is 6.61 Å². The summed E-state index contributed by atoms with van der Waals surface area (Å²) in [6, 6.07) is 0. The number of aliphatic hydroxyl groups excluding tert-OH is 1. The lowest BCUT2D eigenvalue weighted by Crippen LogP contribution is -2.45. The van der Waals surface area contributed by atoms with E-state index in [2.05, 4.69) is 39.9 Å². The van der Waals surface area contributed by atoms with Crippen molar-refractivity contribution in [3.05, 3.63) is 0 Å². The molecule has 104 valence electrons. The summed E-state index contributed by atoms with van der Waals surface area (Å²) in [5.74, 6) is 0. The second-order valence-electron chi connectivity index (χ2n) is 6.28. The van der Waals surface area contributed by atoms with Gasteiger partial charge in [-0.2, -0.15) is 0 Å². The molecule has 3 nitrogen and oxygen atoms in total. The maximum Gasteiger partial charge on any atom is 0.0610 e. The first-order valence-corrected chi connectivity index (χ1v) is 6.76. The lowest BCUT2D eigenvalue weighted by atomic mass is 9.93. The van der Waals surface area contributed by atoms with E-state index in [1.807, 2.05) is 0 Å². The van der Waals surface area contributed by atoms with Crippen LogP contribution in [0.15, 0.2) is 0 Å². The zero-order valence-corrected chi connectivity index (χ0v) is 12.3. The molecule has 0 rings (SSSR count). The molecule has 2 N–H and O–H groups in total. The Kier molecular flexibility index (Phi) is 8.01. The fourth-order valence-corrected chi connectivity index (χ4v) is 1.69. The molecular weight excluding hydrogens is 214 g/mol. The summed E-state index contributed by atoms with van der Waals surface area (Å²) in [5, 5.41) is 12.6. The predicted octanol–water partition coefficient (Wildman–Crippen LogP) is 2.58. The molecule has 0 aliphatic rings. The van der Waals surface area contributed by atoms with Gasteiger partial charge >= 0.3 is 0 Å². The normalized spacial score (nSPS) is 15.9. The van der Waals surface area contributed by atoms with Crippen LogP contribution in [0, 0.1) is 5.41 Å². The van der Waals surface area contributed by atoms with Gasteiger partial charge in [0.15, 0.2) is 0 Å². The highest BCUT2D eigenvalue weighted by Crippen LogP contribution is 2.18. The van der Waals surface area contributed by atoms with Gasteiger partial charge in [0, 0.05) is 18.8 Å². The summed E-state index contributed by atoms with van der Waals surface area (Å²) in [5.41, 5.74) is 0.200. The Morgan fingerprint density at radius 3 is 2.18 bits per heavy atom. The first-order valence-electron chi connectivity index (χ1n) is 6.76. The van der Waals surface area contributed by atoms with Crippen molar-refractivity contribution in [2.75, 3.05) is 26.4 Å². The smallest absolute Gasteiger partial charge is 0.0610 e. The van der Waals surface area contributed by atoms with E-state index < -0.39 is 0 Å². The fourth-order valence-electron chi connectivity index (χ4n) is 1.69. The van der Waals surface area contributed by atoms with Crippen molar-refractivity contribution in [2.24, 2.45) is 5.41 Å². The SMILES string of the molecule is CCNC(C)(CO)CCCOCCC(C)(C)C. The Morgan fingerprint density at radius 1 is 1.06 bits per heavy atom. The zero-order chi connectivity index (χ0) is 13.4. The Hall–Kier alpha value is -0.120. The van der Waals surface area contributed by atoms with Crippen molar-refractivity contribution >= 4 is 0 Å². The molecule has 0 saturated carbocycles. The summed E-state index contributed by atoms with van der Waals surface area (Å²) in [6.45, 7) is 13.5. The summed E-state index contributed by atoms with van der Waals surface area (Å²) >= 11 is 0. The topological polar surface area (TPSA) is 41.5 Å². The molecule has 0 radical (unpaired) electrons. The number of rotatable bonds is 9. The number of nitrogens with one attached hydrogen (secondary N) is 1. The molecule has 0 heterocycles. The summed E-state index contributed by atoms with van der Waals surface area (Å²) < 4.78 is 5.62. The van der Waals surface area contributed by atoms with Crippen LogP contribution in [0.5, 0.6) is 0 Å². The summed E-state index contributed by atoms with van der Waals surface area (Å²) in [7, 11) is 0. The van der Waals surface area contributed by atoms with Crippen LogP contribution in [0.4, 0.5) is 0 Å². The third-order valence-electron chi connectivity index (χ3n) is 2.97. The zero-order valence-electron chi connectivity index (χ0n) is 12.3. The highest BCUT2D eigenvalue weighted by molar-refractivity contribution is 4.81. The molecule has 0 fully saturated rings. The van der Waals surface area contributed by atoms with Crippen LogP contribution >= 0.6 is 0 Å². The number of hydrogen-bond acceptors (Lipinski definition) is 3. The second kappa shape index (κ2) is 8.06. The molecule has 1 atom stereocenters. The molecule has 0 aromatic heterocycles. The van der Waals surface area contributed by atoms with Crippen LogP contribution in [-0.2, 0) is 4.74 Å². The molecule has 1 unspecified atom stereocenters. The molecule has 0 aliphatic carbocycles. The molecular formula is C14H31NO2. The molecule has 0 amide bonds. The molecule has 0 saturated heterocycles. The van der Waals surface area contributed by atoms with Gasteiger partial charge in [-0.05, 0) is 38.1 Å². The standard InChI is InChI=1S/C14H31NO2/c1-6-15-14(5,12-16)8-7-10-17-11-9-13(2,3)4/h15-16H,6-12H2,1-5H3. The van der Waals surface area contributed by atoms with E-state index in [0.717, 1.165) is 39.0 Å². The number of hydrogen-bond donors (Lipinski definition) is 2. The first-order chi connectivity index (χ1) is 7.83. The van der Waals surface area contributed by atoms with Crippen LogP contribution in [0.3, 0.4) is 0 Å². The van der Waals surface area contributed by atoms with Crippen LogP contribution in [0.25, 0.3) is 0 Å². The quantitative estimate of drug-likeness (QED) is 0.614. The van der Waals surface area contributed by atoms with E-state index in [1.165, 1.54) is 0 Å². The summed E-state index contributed by atoms with van der Waals surface area (Å²) in [4.78, 5) is 0. The van der Waals surface area contributed by atoms with Crippen molar-refractivity contribution in [3.63, 3.8) is 0 Å². The van der Waals surface area contributed by atoms with Crippen LogP contribution in [0.2, 0.25) is 0 Å². The minimum Gasteiger partial charge on any atom is -0.394 e. The van der Waals surface area contributed by atoms with Gasteiger partial charge in [-0.15, -0.1) is 0 Å². The van der Waals surface area contributed by atoms with Gasteiger partial charge in [-0.1, -0.05) is 27.7 Å². The average Bonchev–Trinajstić information content (AvgIpc) is 2.22. The Balaban J connectivity index is 3.56. The van der Waals surface area contributed by atoms with Gasteiger partial charge in [0.1, 0.15) is 0 Å². The van der Waals surface area contributed by atoms with E-state index in [4.69, 9.17) is 4.74 Å². The lowest BCUT2D eigenvalue weighted by molar-refractivity contribution is 0.0927. The lowest BCUT2D eigenvalue weighted by Gasteiger charge is -2.28. The molecule has 0 bridgehead atoms. The molecule has 17 heavy (non-hydrogen) atoms. The van der Waals surface area contributed by atoms with E-state index >= 15 is 0 Å².